The summed E-state index contributed by atoms with van der Waals surface area (Å²) in [6.07, 6.45) is -4.49. The van der Waals surface area contributed by atoms with E-state index in [9.17, 15) is 21.6 Å². The first-order valence-electron chi connectivity index (χ1n) is 5.39. The third-order valence-corrected chi connectivity index (χ3v) is 4.13. The van der Waals surface area contributed by atoms with Gasteiger partial charge in [-0.25, -0.2) is 13.1 Å². The van der Waals surface area contributed by atoms with Crippen LogP contribution in [0, 0.1) is 0 Å². The van der Waals surface area contributed by atoms with Crippen LogP contribution >= 0.6 is 12.4 Å². The van der Waals surface area contributed by atoms with Gasteiger partial charge in [0.15, 0.2) is 0 Å². The second-order valence-electron chi connectivity index (χ2n) is 4.72. The molecule has 0 atom stereocenters. The van der Waals surface area contributed by atoms with Crippen molar-refractivity contribution in [2.45, 2.75) is 30.5 Å². The molecular formula is C11H16ClF3N2O2S. The Morgan fingerprint density at radius 1 is 1.15 bits per heavy atom. The number of benzene rings is 1. The molecule has 0 spiro atoms. The molecule has 9 heteroatoms. The van der Waals surface area contributed by atoms with Gasteiger partial charge in [0.1, 0.15) is 0 Å². The summed E-state index contributed by atoms with van der Waals surface area (Å²) in [6, 6.07) is 3.28. The fourth-order valence-electron chi connectivity index (χ4n) is 1.29. The number of nitrogens with two attached hydrogens (primary N) is 1. The maximum absolute atomic E-state index is 12.4. The van der Waals surface area contributed by atoms with Crippen molar-refractivity contribution in [3.8, 4) is 0 Å². The maximum atomic E-state index is 12.4. The van der Waals surface area contributed by atoms with Crippen LogP contribution in [-0.4, -0.2) is 20.5 Å². The predicted octanol–water partition coefficient (Wildman–Crippen LogP) is 2.14. The Balaban J connectivity index is 0.00000361. The Labute approximate surface area is 122 Å². The Kier molecular flexibility index (Phi) is 6.03. The molecule has 0 aromatic heterocycles. The molecule has 0 saturated heterocycles. The molecule has 3 N–H and O–H groups in total. The average molecular weight is 333 g/mol. The van der Waals surface area contributed by atoms with E-state index in [1.165, 1.54) is 0 Å². The van der Waals surface area contributed by atoms with E-state index < -0.39 is 27.3 Å². The molecular weight excluding hydrogens is 317 g/mol. The molecule has 0 radical (unpaired) electrons. The Morgan fingerprint density at radius 3 is 1.95 bits per heavy atom. The number of hydrogen-bond acceptors (Lipinski definition) is 3. The molecule has 0 fully saturated rings. The van der Waals surface area contributed by atoms with Gasteiger partial charge in [0.05, 0.1) is 10.5 Å². The van der Waals surface area contributed by atoms with Gasteiger partial charge in [-0.15, -0.1) is 12.4 Å². The van der Waals surface area contributed by atoms with E-state index in [1.54, 1.807) is 13.8 Å². The maximum Gasteiger partial charge on any atom is 0.416 e. The van der Waals surface area contributed by atoms with Gasteiger partial charge in [-0.3, -0.25) is 0 Å². The zero-order valence-electron chi connectivity index (χ0n) is 10.9. The fraction of sp³-hybridized carbons (Fsp3) is 0.455. The van der Waals surface area contributed by atoms with Crippen LogP contribution in [-0.2, 0) is 16.2 Å². The van der Waals surface area contributed by atoms with Crippen LogP contribution in [0.4, 0.5) is 13.2 Å². The molecule has 4 nitrogen and oxygen atoms in total. The summed E-state index contributed by atoms with van der Waals surface area (Å²) in [5.41, 5.74) is 3.62. The molecule has 0 unspecified atom stereocenters. The molecule has 20 heavy (non-hydrogen) atoms. The molecule has 1 aromatic carbocycles. The van der Waals surface area contributed by atoms with E-state index >= 15 is 0 Å². The summed E-state index contributed by atoms with van der Waals surface area (Å²) in [7, 11) is -3.89. The van der Waals surface area contributed by atoms with Crippen molar-refractivity contribution in [3.63, 3.8) is 0 Å². The quantitative estimate of drug-likeness (QED) is 0.887. The number of alkyl halides is 3. The Bertz CT molecular complexity index is 542. The highest BCUT2D eigenvalue weighted by Crippen LogP contribution is 2.29. The van der Waals surface area contributed by atoms with E-state index in [2.05, 4.69) is 4.72 Å². The summed E-state index contributed by atoms with van der Waals surface area (Å²) in [5, 5.41) is 0. The Hall–Kier alpha value is -0.830. The number of sulfonamides is 1. The molecule has 1 aromatic rings. The lowest BCUT2D eigenvalue weighted by Crippen LogP contribution is -2.48. The molecule has 0 aliphatic heterocycles. The molecule has 116 valence electrons. The van der Waals surface area contributed by atoms with E-state index in [1.807, 2.05) is 0 Å². The van der Waals surface area contributed by atoms with Crippen LogP contribution in [0.1, 0.15) is 19.4 Å². The van der Waals surface area contributed by atoms with Gasteiger partial charge in [0.25, 0.3) is 0 Å². The topological polar surface area (TPSA) is 72.2 Å². The monoisotopic (exact) mass is 332 g/mol. The third-order valence-electron chi connectivity index (χ3n) is 2.41. The van der Waals surface area contributed by atoms with Crippen molar-refractivity contribution in [2.24, 2.45) is 5.73 Å². The van der Waals surface area contributed by atoms with E-state index in [0.29, 0.717) is 0 Å². The van der Waals surface area contributed by atoms with Crippen LogP contribution in [0.5, 0.6) is 0 Å². The lowest BCUT2D eigenvalue weighted by atomic mass is 10.1. The lowest BCUT2D eigenvalue weighted by molar-refractivity contribution is -0.137. The van der Waals surface area contributed by atoms with E-state index in [4.69, 9.17) is 5.73 Å². The minimum absolute atomic E-state index is 0. The summed E-state index contributed by atoms with van der Waals surface area (Å²) < 4.78 is 63.2. The summed E-state index contributed by atoms with van der Waals surface area (Å²) in [6.45, 7) is 3.22. The normalized spacial score (nSPS) is 12.9. The average Bonchev–Trinajstić information content (AvgIpc) is 2.27. The van der Waals surface area contributed by atoms with Crippen LogP contribution in [0.25, 0.3) is 0 Å². The molecule has 0 heterocycles. The fourth-order valence-corrected chi connectivity index (χ4v) is 2.71. The van der Waals surface area contributed by atoms with E-state index in [-0.39, 0.29) is 23.8 Å². The lowest BCUT2D eigenvalue weighted by Gasteiger charge is -2.23. The van der Waals surface area contributed by atoms with Crippen molar-refractivity contribution in [1.82, 2.24) is 4.72 Å². The first-order chi connectivity index (χ1) is 8.48. The highest BCUT2D eigenvalue weighted by atomic mass is 35.5. The zero-order valence-corrected chi connectivity index (χ0v) is 12.5. The molecule has 0 aliphatic rings. The highest BCUT2D eigenvalue weighted by molar-refractivity contribution is 7.89. The minimum Gasteiger partial charge on any atom is -0.329 e. The van der Waals surface area contributed by atoms with Gasteiger partial charge < -0.3 is 5.73 Å². The molecule has 0 amide bonds. The van der Waals surface area contributed by atoms with Gasteiger partial charge in [-0.05, 0) is 38.1 Å². The van der Waals surface area contributed by atoms with Crippen molar-refractivity contribution in [3.05, 3.63) is 29.8 Å². The van der Waals surface area contributed by atoms with Gasteiger partial charge >= 0.3 is 6.18 Å². The van der Waals surface area contributed by atoms with Crippen LogP contribution < -0.4 is 10.5 Å². The minimum atomic E-state index is -4.49. The van der Waals surface area contributed by atoms with E-state index in [0.717, 1.165) is 24.3 Å². The third kappa shape index (κ3) is 4.93. The van der Waals surface area contributed by atoms with Gasteiger partial charge in [-0.2, -0.15) is 13.2 Å². The number of rotatable bonds is 4. The molecule has 0 saturated carbocycles. The van der Waals surface area contributed by atoms with Crippen LogP contribution in [0.3, 0.4) is 0 Å². The predicted molar refractivity (Wildman–Crippen MR) is 72.1 cm³/mol. The van der Waals surface area contributed by atoms with Crippen LogP contribution in [0.2, 0.25) is 0 Å². The van der Waals surface area contributed by atoms with Crippen molar-refractivity contribution >= 4 is 22.4 Å². The second-order valence-corrected chi connectivity index (χ2v) is 6.40. The molecule has 1 rings (SSSR count). The summed E-state index contributed by atoms with van der Waals surface area (Å²) in [4.78, 5) is -0.234. The molecule has 0 bridgehead atoms. The zero-order chi connectivity index (χ0) is 14.9. The second kappa shape index (κ2) is 6.30. The number of nitrogens with one attached hydrogen (secondary N) is 1. The van der Waals surface area contributed by atoms with Crippen molar-refractivity contribution < 1.29 is 21.6 Å². The SMILES string of the molecule is CC(C)(CN)NS(=O)(=O)c1ccc(C(F)(F)F)cc1.Cl. The van der Waals surface area contributed by atoms with Gasteiger partial charge in [-0.1, -0.05) is 0 Å². The van der Waals surface area contributed by atoms with Crippen molar-refractivity contribution in [2.75, 3.05) is 6.54 Å². The standard InChI is InChI=1S/C11H15F3N2O2S.ClH/c1-10(2,7-15)16-19(17,18)9-5-3-8(4-6-9)11(12,13)14;/h3-6,16H,7,15H2,1-2H3;1H. The van der Waals surface area contributed by atoms with Gasteiger partial charge in [0.2, 0.25) is 10.0 Å². The number of halogens is 4. The van der Waals surface area contributed by atoms with Crippen molar-refractivity contribution in [1.29, 1.82) is 0 Å². The van der Waals surface area contributed by atoms with Crippen LogP contribution in [0.15, 0.2) is 29.2 Å². The first-order valence-corrected chi connectivity index (χ1v) is 6.87. The first kappa shape index (κ1) is 19.2. The Morgan fingerprint density at radius 2 is 1.60 bits per heavy atom. The van der Waals surface area contributed by atoms with Gasteiger partial charge in [0, 0.05) is 12.1 Å². The molecule has 0 aliphatic carbocycles. The number of hydrogen-bond donors (Lipinski definition) is 2. The smallest absolute Gasteiger partial charge is 0.329 e. The highest BCUT2D eigenvalue weighted by Gasteiger charge is 2.31. The largest absolute Gasteiger partial charge is 0.416 e. The summed E-state index contributed by atoms with van der Waals surface area (Å²) in [5.74, 6) is 0. The summed E-state index contributed by atoms with van der Waals surface area (Å²) >= 11 is 0.